The van der Waals surface area contributed by atoms with Gasteiger partial charge < -0.3 is 19.4 Å². The number of aromatic amines is 1. The van der Waals surface area contributed by atoms with Gasteiger partial charge in [-0.05, 0) is 42.5 Å². The van der Waals surface area contributed by atoms with E-state index in [0.717, 1.165) is 29.7 Å². The molecule has 6 heteroatoms. The summed E-state index contributed by atoms with van der Waals surface area (Å²) in [5.41, 5.74) is 0.850. The summed E-state index contributed by atoms with van der Waals surface area (Å²) in [6.45, 7) is 1.49. The number of carbonyl (C=O) groups is 1. The fourth-order valence-corrected chi connectivity index (χ4v) is 3.27. The topological polar surface area (TPSA) is 71.6 Å². The Morgan fingerprint density at radius 3 is 2.67 bits per heavy atom. The Bertz CT molecular complexity index is 791. The highest BCUT2D eigenvalue weighted by molar-refractivity contribution is 5.83. The summed E-state index contributed by atoms with van der Waals surface area (Å²) in [4.78, 5) is 29.0. The minimum atomic E-state index is -0.0805. The van der Waals surface area contributed by atoms with E-state index in [0.29, 0.717) is 18.5 Å². The third-order valence-corrected chi connectivity index (χ3v) is 4.63. The van der Waals surface area contributed by atoms with Gasteiger partial charge in [0, 0.05) is 37.2 Å². The Kier molecular flexibility index (Phi) is 4.85. The van der Waals surface area contributed by atoms with Crippen molar-refractivity contribution in [1.29, 1.82) is 0 Å². The lowest BCUT2D eigenvalue weighted by atomic mass is 9.92. The number of aromatic nitrogens is 1. The summed E-state index contributed by atoms with van der Waals surface area (Å²) < 4.78 is 10.1. The molecule has 1 aliphatic rings. The number of methoxy groups -OCH3 is 2. The second kappa shape index (κ2) is 7.05. The predicted octanol–water partition coefficient (Wildman–Crippen LogP) is 1.89. The van der Waals surface area contributed by atoms with Crippen LogP contribution in [0, 0.1) is 0 Å². The molecule has 0 aliphatic carbocycles. The second-order valence-electron chi connectivity index (χ2n) is 6.10. The van der Waals surface area contributed by atoms with Crippen LogP contribution in [0.1, 0.15) is 24.5 Å². The molecule has 2 aromatic rings. The SMILES string of the molecule is COCC(=O)N1CCC(c2cc3cc(OC)ccc3c(=O)[nH]2)CC1. The number of piperidine rings is 1. The Hall–Kier alpha value is -2.34. The maximum Gasteiger partial charge on any atom is 0.256 e. The highest BCUT2D eigenvalue weighted by Crippen LogP contribution is 2.28. The summed E-state index contributed by atoms with van der Waals surface area (Å²) in [7, 11) is 3.14. The molecule has 2 heterocycles. The molecule has 1 N–H and O–H groups in total. The lowest BCUT2D eigenvalue weighted by molar-refractivity contribution is -0.136. The van der Waals surface area contributed by atoms with Gasteiger partial charge in [0.1, 0.15) is 12.4 Å². The fraction of sp³-hybridized carbons (Fsp3) is 0.444. The van der Waals surface area contributed by atoms with Crippen molar-refractivity contribution in [3.8, 4) is 5.75 Å². The van der Waals surface area contributed by atoms with E-state index in [2.05, 4.69) is 4.98 Å². The molecule has 24 heavy (non-hydrogen) atoms. The van der Waals surface area contributed by atoms with E-state index >= 15 is 0 Å². The van der Waals surface area contributed by atoms with Crippen LogP contribution in [-0.4, -0.2) is 49.7 Å². The van der Waals surface area contributed by atoms with E-state index in [-0.39, 0.29) is 24.0 Å². The quantitative estimate of drug-likeness (QED) is 0.929. The maximum absolute atomic E-state index is 12.3. The molecule has 6 nitrogen and oxygen atoms in total. The van der Waals surface area contributed by atoms with Crippen LogP contribution in [0.3, 0.4) is 0 Å². The van der Waals surface area contributed by atoms with Crippen molar-refractivity contribution < 1.29 is 14.3 Å². The lowest BCUT2D eigenvalue weighted by Gasteiger charge is -2.32. The molecule has 1 aromatic heterocycles. The number of hydrogen-bond acceptors (Lipinski definition) is 4. The monoisotopic (exact) mass is 330 g/mol. The molecule has 0 unspecified atom stereocenters. The first-order valence-electron chi connectivity index (χ1n) is 8.10. The molecule has 1 aromatic carbocycles. The number of nitrogens with zero attached hydrogens (tertiary/aromatic N) is 1. The number of ether oxygens (including phenoxy) is 2. The van der Waals surface area contributed by atoms with Crippen molar-refractivity contribution in [1.82, 2.24) is 9.88 Å². The molecule has 1 saturated heterocycles. The van der Waals surface area contributed by atoms with E-state index in [4.69, 9.17) is 9.47 Å². The van der Waals surface area contributed by atoms with E-state index in [1.165, 1.54) is 7.11 Å². The lowest BCUT2D eigenvalue weighted by Crippen LogP contribution is -2.40. The number of likely N-dealkylation sites (tertiary alicyclic amines) is 1. The molecule has 1 amide bonds. The maximum atomic E-state index is 12.3. The van der Waals surface area contributed by atoms with Crippen LogP contribution >= 0.6 is 0 Å². The van der Waals surface area contributed by atoms with Gasteiger partial charge in [0.25, 0.3) is 5.56 Å². The Labute approximate surface area is 140 Å². The van der Waals surface area contributed by atoms with Crippen LogP contribution in [0.2, 0.25) is 0 Å². The standard InChI is InChI=1S/C18H22N2O4/c1-23-11-17(21)20-7-5-12(6-8-20)16-10-13-9-14(24-2)3-4-15(13)18(22)19-16/h3-4,9-10,12H,5-8,11H2,1-2H3,(H,19,22). The zero-order valence-electron chi connectivity index (χ0n) is 14.0. The number of carbonyl (C=O) groups excluding carboxylic acids is 1. The van der Waals surface area contributed by atoms with Crippen LogP contribution in [-0.2, 0) is 9.53 Å². The largest absolute Gasteiger partial charge is 0.497 e. The Morgan fingerprint density at radius 2 is 2.00 bits per heavy atom. The summed E-state index contributed by atoms with van der Waals surface area (Å²) in [6, 6.07) is 7.47. The zero-order chi connectivity index (χ0) is 17.1. The molecule has 128 valence electrons. The summed E-state index contributed by atoms with van der Waals surface area (Å²) in [5, 5.41) is 1.54. The van der Waals surface area contributed by atoms with Gasteiger partial charge in [-0.25, -0.2) is 0 Å². The number of H-pyrrole nitrogens is 1. The van der Waals surface area contributed by atoms with Gasteiger partial charge in [-0.2, -0.15) is 0 Å². The summed E-state index contributed by atoms with van der Waals surface area (Å²) in [6.07, 6.45) is 1.67. The number of fused-ring (bicyclic) bond motifs is 1. The molecular weight excluding hydrogens is 308 g/mol. The molecule has 0 spiro atoms. The molecule has 0 bridgehead atoms. The van der Waals surface area contributed by atoms with E-state index in [1.54, 1.807) is 19.2 Å². The predicted molar refractivity (Wildman–Crippen MR) is 91.6 cm³/mol. The van der Waals surface area contributed by atoms with E-state index < -0.39 is 0 Å². The van der Waals surface area contributed by atoms with Crippen molar-refractivity contribution in [3.05, 3.63) is 40.3 Å². The molecule has 1 fully saturated rings. The number of hydrogen-bond donors (Lipinski definition) is 1. The van der Waals surface area contributed by atoms with E-state index in [9.17, 15) is 9.59 Å². The molecule has 1 aliphatic heterocycles. The van der Waals surface area contributed by atoms with Crippen LogP contribution in [0.5, 0.6) is 5.75 Å². The normalized spacial score (nSPS) is 15.7. The van der Waals surface area contributed by atoms with Crippen LogP contribution in [0.25, 0.3) is 10.8 Å². The highest BCUT2D eigenvalue weighted by Gasteiger charge is 2.24. The van der Waals surface area contributed by atoms with Gasteiger partial charge in [-0.3, -0.25) is 9.59 Å². The van der Waals surface area contributed by atoms with Crippen molar-refractivity contribution in [2.75, 3.05) is 33.9 Å². The Morgan fingerprint density at radius 1 is 1.25 bits per heavy atom. The number of nitrogens with one attached hydrogen (secondary N) is 1. The first-order chi connectivity index (χ1) is 11.6. The molecular formula is C18H22N2O4. The number of benzene rings is 1. The van der Waals surface area contributed by atoms with Gasteiger partial charge in [-0.1, -0.05) is 0 Å². The van der Waals surface area contributed by atoms with Crippen LogP contribution < -0.4 is 10.3 Å². The van der Waals surface area contributed by atoms with Gasteiger partial charge >= 0.3 is 0 Å². The van der Waals surface area contributed by atoms with E-state index in [1.807, 2.05) is 17.0 Å². The van der Waals surface area contributed by atoms with Gasteiger partial charge in [0.2, 0.25) is 5.91 Å². The van der Waals surface area contributed by atoms with Crippen LogP contribution in [0.15, 0.2) is 29.1 Å². The number of pyridine rings is 1. The smallest absolute Gasteiger partial charge is 0.256 e. The van der Waals surface area contributed by atoms with Crippen molar-refractivity contribution in [2.45, 2.75) is 18.8 Å². The molecule has 0 radical (unpaired) electrons. The first kappa shape index (κ1) is 16.5. The second-order valence-corrected chi connectivity index (χ2v) is 6.10. The molecule has 0 saturated carbocycles. The third kappa shape index (κ3) is 3.28. The molecule has 3 rings (SSSR count). The minimum Gasteiger partial charge on any atom is -0.497 e. The Balaban J connectivity index is 1.80. The van der Waals surface area contributed by atoms with Gasteiger partial charge in [0.05, 0.1) is 7.11 Å². The average Bonchev–Trinajstić information content (AvgIpc) is 2.61. The number of rotatable bonds is 4. The molecule has 0 atom stereocenters. The third-order valence-electron chi connectivity index (χ3n) is 4.63. The van der Waals surface area contributed by atoms with Gasteiger partial charge in [-0.15, -0.1) is 0 Å². The van der Waals surface area contributed by atoms with Crippen molar-refractivity contribution >= 4 is 16.7 Å². The summed E-state index contributed by atoms with van der Waals surface area (Å²) in [5.74, 6) is 1.01. The number of amides is 1. The first-order valence-corrected chi connectivity index (χ1v) is 8.10. The fourth-order valence-electron chi connectivity index (χ4n) is 3.27. The zero-order valence-corrected chi connectivity index (χ0v) is 14.0. The summed E-state index contributed by atoms with van der Waals surface area (Å²) >= 11 is 0. The van der Waals surface area contributed by atoms with Gasteiger partial charge in [0.15, 0.2) is 0 Å². The van der Waals surface area contributed by atoms with Crippen molar-refractivity contribution in [2.24, 2.45) is 0 Å². The minimum absolute atomic E-state index is 0.0210. The van der Waals surface area contributed by atoms with Crippen LogP contribution in [0.4, 0.5) is 0 Å². The average molecular weight is 330 g/mol. The highest BCUT2D eigenvalue weighted by atomic mass is 16.5. The van der Waals surface area contributed by atoms with Crippen molar-refractivity contribution in [3.63, 3.8) is 0 Å².